The molecule has 1 aromatic rings. The first-order valence-electron chi connectivity index (χ1n) is 10.5. The van der Waals surface area contributed by atoms with Gasteiger partial charge in [-0.2, -0.15) is 0 Å². The van der Waals surface area contributed by atoms with Gasteiger partial charge in [0.25, 0.3) is 11.8 Å². The van der Waals surface area contributed by atoms with E-state index in [1.54, 1.807) is 18.2 Å². The van der Waals surface area contributed by atoms with Crippen molar-refractivity contribution in [3.05, 3.63) is 34.9 Å². The third-order valence-electron chi connectivity index (χ3n) is 5.22. The van der Waals surface area contributed by atoms with Gasteiger partial charge in [0.05, 0.1) is 37.6 Å². The second-order valence-electron chi connectivity index (χ2n) is 7.36. The maximum absolute atomic E-state index is 13.0. The molecular formula is C22H26N2O8. The Hall–Kier alpha value is -2.95. The fourth-order valence-corrected chi connectivity index (χ4v) is 3.73. The molecule has 2 aliphatic heterocycles. The summed E-state index contributed by atoms with van der Waals surface area (Å²) in [6.07, 6.45) is 2.07. The lowest BCUT2D eigenvalue weighted by Crippen LogP contribution is -2.54. The number of nitrogens with one attached hydrogen (secondary N) is 1. The van der Waals surface area contributed by atoms with E-state index >= 15 is 0 Å². The Morgan fingerprint density at radius 3 is 2.41 bits per heavy atom. The number of imide groups is 2. The van der Waals surface area contributed by atoms with E-state index in [-0.39, 0.29) is 25.0 Å². The van der Waals surface area contributed by atoms with Crippen LogP contribution >= 0.6 is 0 Å². The molecule has 1 aromatic carbocycles. The van der Waals surface area contributed by atoms with Crippen molar-refractivity contribution in [2.24, 2.45) is 0 Å². The van der Waals surface area contributed by atoms with Crippen LogP contribution in [0.15, 0.2) is 18.2 Å². The first kappa shape index (κ1) is 23.7. The van der Waals surface area contributed by atoms with Crippen LogP contribution in [-0.4, -0.2) is 80.5 Å². The molecule has 1 N–H and O–H groups in total. The Bertz CT molecular complexity index is 885. The predicted molar refractivity (Wildman–Crippen MR) is 110 cm³/mol. The van der Waals surface area contributed by atoms with Gasteiger partial charge in [-0.15, -0.1) is 0 Å². The van der Waals surface area contributed by atoms with Crippen LogP contribution in [0.5, 0.6) is 0 Å². The van der Waals surface area contributed by atoms with Gasteiger partial charge in [-0.25, -0.2) is 0 Å². The largest absolute Gasteiger partial charge is 0.379 e. The number of hydrogen-bond acceptors (Lipinski definition) is 8. The summed E-state index contributed by atoms with van der Waals surface area (Å²) in [6.45, 7) is 2.05. The Morgan fingerprint density at radius 2 is 1.69 bits per heavy atom. The molecule has 32 heavy (non-hydrogen) atoms. The fourth-order valence-electron chi connectivity index (χ4n) is 3.73. The predicted octanol–water partition coefficient (Wildman–Crippen LogP) is 0.269. The zero-order valence-electron chi connectivity index (χ0n) is 17.7. The smallest absolute Gasteiger partial charge is 0.262 e. The van der Waals surface area contributed by atoms with Gasteiger partial charge in [0.15, 0.2) is 0 Å². The summed E-state index contributed by atoms with van der Waals surface area (Å²) in [5.41, 5.74) is 1.33. The van der Waals surface area contributed by atoms with Crippen LogP contribution in [-0.2, 0) is 35.0 Å². The van der Waals surface area contributed by atoms with Crippen molar-refractivity contribution in [3.63, 3.8) is 0 Å². The molecule has 0 aromatic heterocycles. The SMILES string of the molecule is O=CCOCCOCCOCCCc1cccc2c1C(=O)N(C1CCC(=O)NC1=O)C2=O. The number of carbonyl (C=O) groups excluding carboxylic acids is 5. The van der Waals surface area contributed by atoms with Crippen molar-refractivity contribution in [1.82, 2.24) is 10.2 Å². The van der Waals surface area contributed by atoms with Crippen molar-refractivity contribution in [3.8, 4) is 0 Å². The van der Waals surface area contributed by atoms with Gasteiger partial charge < -0.3 is 19.0 Å². The standard InChI is InChI=1S/C22H26N2O8/c25-8-10-31-12-14-32-13-11-30-9-2-4-15-3-1-5-16-19(15)22(29)24(21(16)28)17-6-7-18(26)23-20(17)27/h1,3,5,8,17H,2,4,6-7,9-14H2,(H,23,26,27). The summed E-state index contributed by atoms with van der Waals surface area (Å²) in [7, 11) is 0. The molecule has 0 radical (unpaired) electrons. The van der Waals surface area contributed by atoms with E-state index in [4.69, 9.17) is 14.2 Å². The highest BCUT2D eigenvalue weighted by atomic mass is 16.5. The summed E-state index contributed by atoms with van der Waals surface area (Å²) in [6, 6.07) is 4.12. The van der Waals surface area contributed by atoms with Gasteiger partial charge in [0, 0.05) is 13.0 Å². The Labute approximate surface area is 185 Å². The summed E-state index contributed by atoms with van der Waals surface area (Å²) >= 11 is 0. The van der Waals surface area contributed by atoms with E-state index < -0.39 is 29.7 Å². The maximum atomic E-state index is 13.0. The highest BCUT2D eigenvalue weighted by Gasteiger charge is 2.45. The molecule has 3 rings (SSSR count). The Morgan fingerprint density at radius 1 is 0.969 bits per heavy atom. The monoisotopic (exact) mass is 446 g/mol. The van der Waals surface area contributed by atoms with E-state index in [1.807, 2.05) is 0 Å². The zero-order valence-corrected chi connectivity index (χ0v) is 17.7. The van der Waals surface area contributed by atoms with Crippen LogP contribution < -0.4 is 5.32 Å². The topological polar surface area (TPSA) is 128 Å². The molecule has 1 atom stereocenters. The van der Waals surface area contributed by atoms with Crippen LogP contribution in [0.25, 0.3) is 0 Å². The molecular weight excluding hydrogens is 420 g/mol. The van der Waals surface area contributed by atoms with E-state index in [0.717, 1.165) is 10.5 Å². The molecule has 2 heterocycles. The molecule has 172 valence electrons. The first-order chi connectivity index (χ1) is 15.5. The van der Waals surface area contributed by atoms with Gasteiger partial charge in [0.2, 0.25) is 11.8 Å². The minimum Gasteiger partial charge on any atom is -0.379 e. The number of aldehydes is 1. The number of fused-ring (bicyclic) bond motifs is 1. The van der Waals surface area contributed by atoms with Crippen LogP contribution in [0.4, 0.5) is 0 Å². The number of aryl methyl sites for hydroxylation is 1. The number of carbonyl (C=O) groups is 5. The summed E-state index contributed by atoms with van der Waals surface area (Å²) in [5, 5.41) is 2.19. The second kappa shape index (κ2) is 11.6. The van der Waals surface area contributed by atoms with Crippen molar-refractivity contribution >= 4 is 29.9 Å². The summed E-state index contributed by atoms with van der Waals surface area (Å²) in [5.74, 6) is -2.03. The number of rotatable bonds is 13. The van der Waals surface area contributed by atoms with Crippen molar-refractivity contribution < 1.29 is 38.2 Å². The molecule has 4 amide bonds. The Kier molecular flexibility index (Phi) is 8.60. The van der Waals surface area contributed by atoms with Crippen LogP contribution in [0.1, 0.15) is 45.5 Å². The Balaban J connectivity index is 1.47. The highest BCUT2D eigenvalue weighted by molar-refractivity contribution is 6.24. The third-order valence-corrected chi connectivity index (χ3v) is 5.22. The average molecular weight is 446 g/mol. The number of piperidine rings is 1. The van der Waals surface area contributed by atoms with Crippen molar-refractivity contribution in [2.75, 3.05) is 39.6 Å². The zero-order chi connectivity index (χ0) is 22.9. The lowest BCUT2D eigenvalue weighted by atomic mass is 9.99. The second-order valence-corrected chi connectivity index (χ2v) is 7.36. The molecule has 1 unspecified atom stereocenters. The molecule has 2 aliphatic rings. The van der Waals surface area contributed by atoms with E-state index in [9.17, 15) is 24.0 Å². The highest BCUT2D eigenvalue weighted by Crippen LogP contribution is 2.30. The molecule has 0 spiro atoms. The summed E-state index contributed by atoms with van der Waals surface area (Å²) < 4.78 is 15.8. The number of nitrogens with zero attached hydrogens (tertiary/aromatic N) is 1. The van der Waals surface area contributed by atoms with Crippen molar-refractivity contribution in [1.29, 1.82) is 0 Å². The van der Waals surface area contributed by atoms with Gasteiger partial charge in [-0.3, -0.25) is 29.4 Å². The number of benzene rings is 1. The van der Waals surface area contributed by atoms with E-state index in [0.29, 0.717) is 57.7 Å². The average Bonchev–Trinajstić information content (AvgIpc) is 3.03. The fraction of sp³-hybridized carbons (Fsp3) is 0.500. The lowest BCUT2D eigenvalue weighted by molar-refractivity contribution is -0.136. The van der Waals surface area contributed by atoms with Crippen LogP contribution in [0, 0.1) is 0 Å². The molecule has 0 saturated carbocycles. The normalized spacial score (nSPS) is 18.1. The maximum Gasteiger partial charge on any atom is 0.262 e. The quantitative estimate of drug-likeness (QED) is 0.260. The minimum absolute atomic E-state index is 0.0580. The molecule has 0 bridgehead atoms. The molecule has 1 fully saturated rings. The summed E-state index contributed by atoms with van der Waals surface area (Å²) in [4.78, 5) is 60.5. The minimum atomic E-state index is -0.972. The van der Waals surface area contributed by atoms with Gasteiger partial charge in [-0.1, -0.05) is 12.1 Å². The third kappa shape index (κ3) is 5.64. The van der Waals surface area contributed by atoms with Crippen LogP contribution in [0.3, 0.4) is 0 Å². The number of amides is 4. The van der Waals surface area contributed by atoms with Gasteiger partial charge >= 0.3 is 0 Å². The van der Waals surface area contributed by atoms with Crippen LogP contribution in [0.2, 0.25) is 0 Å². The van der Waals surface area contributed by atoms with E-state index in [1.165, 1.54) is 0 Å². The van der Waals surface area contributed by atoms with Crippen molar-refractivity contribution in [2.45, 2.75) is 31.7 Å². The number of ether oxygens (including phenoxy) is 3. The molecule has 1 saturated heterocycles. The first-order valence-corrected chi connectivity index (χ1v) is 10.5. The number of hydrogen-bond donors (Lipinski definition) is 1. The van der Waals surface area contributed by atoms with Gasteiger partial charge in [-0.05, 0) is 30.9 Å². The molecule has 10 nitrogen and oxygen atoms in total. The molecule has 0 aliphatic carbocycles. The molecule has 10 heteroatoms. The van der Waals surface area contributed by atoms with E-state index in [2.05, 4.69) is 5.32 Å². The van der Waals surface area contributed by atoms with Gasteiger partial charge in [0.1, 0.15) is 18.9 Å². The lowest BCUT2D eigenvalue weighted by Gasteiger charge is -2.27.